The lowest BCUT2D eigenvalue weighted by Gasteiger charge is -2.22. The second-order valence-corrected chi connectivity index (χ2v) is 9.11. The zero-order valence-electron chi connectivity index (χ0n) is 16.8. The van der Waals surface area contributed by atoms with Gasteiger partial charge in [0.1, 0.15) is 10.6 Å². The second kappa shape index (κ2) is 8.86. The summed E-state index contributed by atoms with van der Waals surface area (Å²) in [6, 6.07) is 15.2. The van der Waals surface area contributed by atoms with Crippen LogP contribution in [-0.4, -0.2) is 29.3 Å². The van der Waals surface area contributed by atoms with Gasteiger partial charge in [0, 0.05) is 6.04 Å². The second-order valence-electron chi connectivity index (χ2n) is 7.43. The molecule has 0 saturated heterocycles. The van der Waals surface area contributed by atoms with Crippen LogP contribution in [0, 0.1) is 0 Å². The first-order valence-corrected chi connectivity index (χ1v) is 11.6. The van der Waals surface area contributed by atoms with Gasteiger partial charge in [-0.25, -0.2) is 13.1 Å². The van der Waals surface area contributed by atoms with Gasteiger partial charge in [-0.05, 0) is 37.1 Å². The van der Waals surface area contributed by atoms with Crippen molar-refractivity contribution in [2.75, 3.05) is 5.73 Å². The van der Waals surface area contributed by atoms with E-state index in [4.69, 9.17) is 5.73 Å². The van der Waals surface area contributed by atoms with Gasteiger partial charge in [-0.15, -0.1) is 15.3 Å². The lowest BCUT2D eigenvalue weighted by Crippen LogP contribution is -2.36. The molecule has 0 radical (unpaired) electrons. The first kappa shape index (κ1) is 21.0. The molecule has 0 aliphatic heterocycles. The number of anilines is 1. The Morgan fingerprint density at radius 3 is 2.42 bits per heavy atom. The number of aromatic nitrogens is 2. The topological polar surface area (TPSA) is 135 Å². The number of azo groups is 1. The van der Waals surface area contributed by atoms with Crippen LogP contribution in [0.2, 0.25) is 0 Å². The largest absolute Gasteiger partial charge is 0.492 e. The third-order valence-corrected chi connectivity index (χ3v) is 6.77. The molecule has 4 rings (SSSR count). The zero-order chi connectivity index (χ0) is 21.8. The molecular formula is C21H24N6O3S. The third kappa shape index (κ3) is 4.59. The van der Waals surface area contributed by atoms with Crippen molar-refractivity contribution in [2.45, 2.75) is 43.0 Å². The van der Waals surface area contributed by atoms with E-state index in [0.29, 0.717) is 5.69 Å². The summed E-state index contributed by atoms with van der Waals surface area (Å²) in [7, 11) is -3.77. The molecule has 0 bridgehead atoms. The molecule has 1 heterocycles. The number of hydrogen-bond donors (Lipinski definition) is 3. The first-order chi connectivity index (χ1) is 15.0. The van der Waals surface area contributed by atoms with Crippen LogP contribution >= 0.6 is 0 Å². The van der Waals surface area contributed by atoms with Gasteiger partial charge in [0.25, 0.3) is 0 Å². The number of aromatic hydroxyl groups is 1. The lowest BCUT2D eigenvalue weighted by molar-refractivity contribution is 0.412. The minimum Gasteiger partial charge on any atom is -0.492 e. The Morgan fingerprint density at radius 2 is 1.68 bits per heavy atom. The van der Waals surface area contributed by atoms with Crippen LogP contribution in [0.4, 0.5) is 17.2 Å². The summed E-state index contributed by atoms with van der Waals surface area (Å²) in [5, 5.41) is 22.7. The van der Waals surface area contributed by atoms with Gasteiger partial charge in [0.15, 0.2) is 11.5 Å². The average molecular weight is 441 g/mol. The van der Waals surface area contributed by atoms with Gasteiger partial charge in [0.05, 0.1) is 5.69 Å². The van der Waals surface area contributed by atoms with E-state index in [1.54, 1.807) is 42.5 Å². The Hall–Kier alpha value is -3.24. The van der Waals surface area contributed by atoms with Gasteiger partial charge in [0.2, 0.25) is 15.9 Å². The molecule has 1 aromatic heterocycles. The maximum absolute atomic E-state index is 13.0. The summed E-state index contributed by atoms with van der Waals surface area (Å²) >= 11 is 0. The summed E-state index contributed by atoms with van der Waals surface area (Å²) in [6.45, 7) is 0. The highest BCUT2D eigenvalue weighted by Crippen LogP contribution is 2.36. The highest BCUT2D eigenvalue weighted by Gasteiger charge is 2.24. The minimum atomic E-state index is -3.77. The summed E-state index contributed by atoms with van der Waals surface area (Å²) in [6.07, 6.45) is 4.81. The fraction of sp³-hybridized carbons (Fsp3) is 0.286. The fourth-order valence-corrected chi connectivity index (χ4v) is 5.08. The van der Waals surface area contributed by atoms with Crippen LogP contribution in [0.5, 0.6) is 5.88 Å². The van der Waals surface area contributed by atoms with E-state index in [9.17, 15) is 13.5 Å². The van der Waals surface area contributed by atoms with E-state index in [1.807, 2.05) is 6.07 Å². The summed E-state index contributed by atoms with van der Waals surface area (Å²) < 4.78 is 29.9. The van der Waals surface area contributed by atoms with E-state index < -0.39 is 10.0 Å². The van der Waals surface area contributed by atoms with Crippen molar-refractivity contribution in [1.29, 1.82) is 0 Å². The smallest absolute Gasteiger partial charge is 0.245 e. The number of para-hydroxylation sites is 1. The van der Waals surface area contributed by atoms with Crippen molar-refractivity contribution in [3.8, 4) is 11.6 Å². The van der Waals surface area contributed by atoms with Gasteiger partial charge in [-0.2, -0.15) is 4.68 Å². The molecule has 1 saturated carbocycles. The van der Waals surface area contributed by atoms with E-state index in [0.717, 1.165) is 32.1 Å². The number of nitrogen functional groups attached to an aromatic ring is 1. The molecule has 31 heavy (non-hydrogen) atoms. The molecule has 0 spiro atoms. The number of nitrogens with one attached hydrogen (secondary N) is 1. The molecule has 4 N–H and O–H groups in total. The predicted octanol–water partition coefficient (Wildman–Crippen LogP) is 4.19. The standard InChI is InChI=1S/C21H24N6O3S/c22-20-19(21(28)27(25-20)16-11-5-2-6-12-16)24-23-17-13-7-8-14-18(17)31(29,30)26-15-9-3-1-4-10-15/h2,5-8,11-15,26,28H,1,3-4,9-10H2,(H2,22,25)/b24-23+. The molecule has 1 aliphatic carbocycles. The van der Waals surface area contributed by atoms with Crippen LogP contribution in [0.15, 0.2) is 69.7 Å². The molecule has 1 aliphatic rings. The molecular weight excluding hydrogens is 416 g/mol. The summed E-state index contributed by atoms with van der Waals surface area (Å²) in [4.78, 5) is 0.0258. The highest BCUT2D eigenvalue weighted by atomic mass is 32.2. The Labute approximate surface area is 180 Å². The summed E-state index contributed by atoms with van der Waals surface area (Å²) in [5.41, 5.74) is 6.64. The van der Waals surface area contributed by atoms with E-state index in [2.05, 4.69) is 20.0 Å². The minimum absolute atomic E-state index is 0.0224. The van der Waals surface area contributed by atoms with Gasteiger partial charge in [-0.3, -0.25) is 0 Å². The van der Waals surface area contributed by atoms with Gasteiger partial charge < -0.3 is 10.8 Å². The first-order valence-electron chi connectivity index (χ1n) is 10.1. The Morgan fingerprint density at radius 1 is 1.00 bits per heavy atom. The number of sulfonamides is 1. The maximum Gasteiger partial charge on any atom is 0.245 e. The fourth-order valence-electron chi connectivity index (χ4n) is 3.64. The molecule has 3 aromatic rings. The van der Waals surface area contributed by atoms with Crippen molar-refractivity contribution < 1.29 is 13.5 Å². The van der Waals surface area contributed by atoms with Crippen LogP contribution in [0.1, 0.15) is 32.1 Å². The molecule has 2 aromatic carbocycles. The van der Waals surface area contributed by atoms with Gasteiger partial charge >= 0.3 is 0 Å². The third-order valence-electron chi connectivity index (χ3n) is 5.20. The van der Waals surface area contributed by atoms with Crippen LogP contribution in [-0.2, 0) is 10.0 Å². The van der Waals surface area contributed by atoms with Gasteiger partial charge in [-0.1, -0.05) is 49.6 Å². The Bertz CT molecular complexity index is 1190. The van der Waals surface area contributed by atoms with Crippen molar-refractivity contribution in [1.82, 2.24) is 14.5 Å². The number of rotatable bonds is 6. The lowest BCUT2D eigenvalue weighted by atomic mass is 9.96. The normalized spacial score (nSPS) is 15.5. The SMILES string of the molecule is Nc1nn(-c2ccccc2)c(O)c1/N=N/c1ccccc1S(=O)(=O)NC1CCCCC1. The van der Waals surface area contributed by atoms with E-state index in [-0.39, 0.29) is 34.0 Å². The highest BCUT2D eigenvalue weighted by molar-refractivity contribution is 7.89. The quantitative estimate of drug-likeness (QED) is 0.494. The molecule has 0 unspecified atom stereocenters. The Kier molecular flexibility index (Phi) is 6.01. The maximum atomic E-state index is 13.0. The number of benzene rings is 2. The number of hydrogen-bond acceptors (Lipinski definition) is 7. The number of nitrogens with zero attached hydrogens (tertiary/aromatic N) is 4. The van der Waals surface area contributed by atoms with Crippen molar-refractivity contribution in [3.05, 3.63) is 54.6 Å². The molecule has 1 fully saturated rings. The Balaban J connectivity index is 1.63. The van der Waals surface area contributed by atoms with Crippen LogP contribution in [0.3, 0.4) is 0 Å². The van der Waals surface area contributed by atoms with E-state index >= 15 is 0 Å². The molecule has 162 valence electrons. The van der Waals surface area contributed by atoms with Crippen LogP contribution < -0.4 is 10.5 Å². The summed E-state index contributed by atoms with van der Waals surface area (Å²) in [5.74, 6) is -0.307. The molecule has 0 amide bonds. The van der Waals surface area contributed by atoms with Crippen molar-refractivity contribution in [3.63, 3.8) is 0 Å². The molecule has 10 heteroatoms. The monoisotopic (exact) mass is 440 g/mol. The molecule has 0 atom stereocenters. The average Bonchev–Trinajstić information content (AvgIpc) is 3.07. The molecule has 9 nitrogen and oxygen atoms in total. The predicted molar refractivity (Wildman–Crippen MR) is 117 cm³/mol. The van der Waals surface area contributed by atoms with Crippen LogP contribution in [0.25, 0.3) is 5.69 Å². The van der Waals surface area contributed by atoms with E-state index in [1.165, 1.54) is 10.7 Å². The number of nitrogens with two attached hydrogens (primary N) is 1. The zero-order valence-corrected chi connectivity index (χ0v) is 17.7. The van der Waals surface area contributed by atoms with Crippen molar-refractivity contribution in [2.24, 2.45) is 10.2 Å². The van der Waals surface area contributed by atoms with Crippen molar-refractivity contribution >= 4 is 27.2 Å².